The molecule has 1 aromatic rings. The van der Waals surface area contributed by atoms with Gasteiger partial charge in [-0.3, -0.25) is 4.79 Å². The van der Waals surface area contributed by atoms with E-state index in [0.717, 1.165) is 5.56 Å². The van der Waals surface area contributed by atoms with Gasteiger partial charge in [-0.15, -0.1) is 0 Å². The lowest BCUT2D eigenvalue weighted by Gasteiger charge is -2.24. The summed E-state index contributed by atoms with van der Waals surface area (Å²) in [5, 5.41) is 2.67. The third-order valence-corrected chi connectivity index (χ3v) is 4.08. The first-order valence-corrected chi connectivity index (χ1v) is 9.31. The Kier molecular flexibility index (Phi) is 7.25. The first kappa shape index (κ1) is 21.5. The number of carbonyl (C=O) groups excluding carboxylic acids is 3. The minimum atomic E-state index is -0.684. The lowest BCUT2D eigenvalue weighted by Crippen LogP contribution is -2.44. The van der Waals surface area contributed by atoms with Crippen molar-refractivity contribution in [3.63, 3.8) is 0 Å². The largest absolute Gasteiger partial charge is 0.466 e. The second-order valence-corrected chi connectivity index (χ2v) is 7.56. The van der Waals surface area contributed by atoms with E-state index in [4.69, 9.17) is 14.2 Å². The van der Waals surface area contributed by atoms with Gasteiger partial charge in [-0.2, -0.15) is 0 Å². The normalized spacial score (nSPS) is 19.1. The molecule has 154 valence electrons. The second-order valence-electron chi connectivity index (χ2n) is 7.56. The van der Waals surface area contributed by atoms with Crippen LogP contribution in [0.15, 0.2) is 30.3 Å². The number of nitrogens with one attached hydrogen (secondary N) is 1. The molecule has 1 aliphatic heterocycles. The minimum absolute atomic E-state index is 0.109. The Morgan fingerprint density at radius 3 is 2.39 bits per heavy atom. The zero-order valence-electron chi connectivity index (χ0n) is 16.8. The number of hydrogen-bond donors (Lipinski definition) is 1. The Bertz CT molecular complexity index is 686. The fourth-order valence-corrected chi connectivity index (χ4v) is 2.83. The molecule has 1 aliphatic rings. The van der Waals surface area contributed by atoms with E-state index in [1.807, 2.05) is 30.3 Å². The van der Waals surface area contributed by atoms with E-state index in [1.54, 1.807) is 27.7 Å². The van der Waals surface area contributed by atoms with Crippen molar-refractivity contribution in [2.75, 3.05) is 19.7 Å². The van der Waals surface area contributed by atoms with Gasteiger partial charge >= 0.3 is 18.2 Å². The topological polar surface area (TPSA) is 94.2 Å². The third-order valence-electron chi connectivity index (χ3n) is 4.08. The Balaban J connectivity index is 1.98. The molecule has 2 rings (SSSR count). The quantitative estimate of drug-likeness (QED) is 0.612. The number of rotatable bonds is 5. The smallest absolute Gasteiger partial charge is 0.410 e. The summed E-state index contributed by atoms with van der Waals surface area (Å²) >= 11 is 0. The van der Waals surface area contributed by atoms with Crippen LogP contribution < -0.4 is 5.32 Å². The van der Waals surface area contributed by atoms with E-state index in [-0.39, 0.29) is 26.3 Å². The molecule has 0 saturated carbocycles. The summed E-state index contributed by atoms with van der Waals surface area (Å²) < 4.78 is 15.7. The van der Waals surface area contributed by atoms with Gasteiger partial charge in [-0.05, 0) is 33.3 Å². The molecule has 2 amide bonds. The highest BCUT2D eigenvalue weighted by molar-refractivity contribution is 5.78. The number of likely N-dealkylation sites (tertiary alicyclic amines) is 1. The molecule has 1 N–H and O–H groups in total. The fourth-order valence-electron chi connectivity index (χ4n) is 2.83. The van der Waals surface area contributed by atoms with Crippen LogP contribution in [0.1, 0.15) is 33.3 Å². The van der Waals surface area contributed by atoms with Gasteiger partial charge in [0.1, 0.15) is 12.2 Å². The van der Waals surface area contributed by atoms with Crippen LogP contribution in [0.2, 0.25) is 0 Å². The second kappa shape index (κ2) is 9.43. The summed E-state index contributed by atoms with van der Waals surface area (Å²) in [4.78, 5) is 38.2. The van der Waals surface area contributed by atoms with Crippen molar-refractivity contribution in [1.29, 1.82) is 0 Å². The fraction of sp³-hybridized carbons (Fsp3) is 0.550. The number of esters is 1. The van der Waals surface area contributed by atoms with Crippen molar-refractivity contribution >= 4 is 18.2 Å². The van der Waals surface area contributed by atoms with E-state index in [9.17, 15) is 14.4 Å². The monoisotopic (exact) mass is 392 g/mol. The highest BCUT2D eigenvalue weighted by atomic mass is 16.6. The lowest BCUT2D eigenvalue weighted by atomic mass is 10.0. The average Bonchev–Trinajstić information content (AvgIpc) is 3.04. The summed E-state index contributed by atoms with van der Waals surface area (Å²) in [6.45, 7) is 7.57. The molecule has 0 aliphatic carbocycles. The van der Waals surface area contributed by atoms with Crippen molar-refractivity contribution in [2.24, 2.45) is 5.92 Å². The maximum atomic E-state index is 12.3. The molecule has 8 heteroatoms. The Hall–Kier alpha value is -2.77. The Morgan fingerprint density at radius 1 is 1.11 bits per heavy atom. The minimum Gasteiger partial charge on any atom is -0.466 e. The molecule has 8 nitrogen and oxygen atoms in total. The molecule has 0 aromatic heterocycles. The number of hydrogen-bond acceptors (Lipinski definition) is 6. The Morgan fingerprint density at radius 2 is 1.79 bits per heavy atom. The molecule has 1 unspecified atom stereocenters. The highest BCUT2D eigenvalue weighted by Gasteiger charge is 2.42. The number of amides is 2. The van der Waals surface area contributed by atoms with Gasteiger partial charge in [0.25, 0.3) is 0 Å². The third kappa shape index (κ3) is 6.44. The maximum Gasteiger partial charge on any atom is 0.410 e. The predicted octanol–water partition coefficient (Wildman–Crippen LogP) is 2.71. The SMILES string of the molecule is CCOC(=O)[C@@H]1CN(C(=O)OC(C)(C)C)CC1NC(=O)OCc1ccccc1. The van der Waals surface area contributed by atoms with Crippen LogP contribution in [-0.4, -0.2) is 54.4 Å². The van der Waals surface area contributed by atoms with Gasteiger partial charge in [-0.1, -0.05) is 30.3 Å². The number of nitrogens with zero attached hydrogens (tertiary/aromatic N) is 1. The van der Waals surface area contributed by atoms with Crippen molar-refractivity contribution in [3.8, 4) is 0 Å². The number of alkyl carbamates (subject to hydrolysis) is 1. The van der Waals surface area contributed by atoms with Gasteiger partial charge in [0.2, 0.25) is 0 Å². The van der Waals surface area contributed by atoms with Gasteiger partial charge < -0.3 is 24.4 Å². The van der Waals surface area contributed by atoms with E-state index >= 15 is 0 Å². The van der Waals surface area contributed by atoms with Crippen LogP contribution in [0.4, 0.5) is 9.59 Å². The van der Waals surface area contributed by atoms with Crippen LogP contribution in [0.5, 0.6) is 0 Å². The molecule has 1 heterocycles. The van der Waals surface area contributed by atoms with Gasteiger partial charge in [0.05, 0.1) is 18.6 Å². The summed E-state index contributed by atoms with van der Waals surface area (Å²) in [6, 6.07) is 8.64. The zero-order chi connectivity index (χ0) is 20.7. The zero-order valence-corrected chi connectivity index (χ0v) is 16.8. The van der Waals surface area contributed by atoms with Crippen LogP contribution >= 0.6 is 0 Å². The molecular formula is C20H28N2O6. The molecule has 2 atom stereocenters. The maximum absolute atomic E-state index is 12.3. The van der Waals surface area contributed by atoms with Crippen LogP contribution in [0.3, 0.4) is 0 Å². The first-order chi connectivity index (χ1) is 13.2. The van der Waals surface area contributed by atoms with Gasteiger partial charge in [0.15, 0.2) is 0 Å². The highest BCUT2D eigenvalue weighted by Crippen LogP contribution is 2.22. The van der Waals surface area contributed by atoms with Crippen molar-refractivity contribution in [3.05, 3.63) is 35.9 Å². The van der Waals surface area contributed by atoms with Crippen molar-refractivity contribution < 1.29 is 28.6 Å². The molecular weight excluding hydrogens is 364 g/mol. The summed E-state index contributed by atoms with van der Waals surface area (Å²) in [7, 11) is 0. The standard InChI is InChI=1S/C20H28N2O6/c1-5-26-17(23)15-11-22(19(25)28-20(2,3)4)12-16(15)21-18(24)27-13-14-9-7-6-8-10-14/h6-10,15-16H,5,11-13H2,1-4H3,(H,21,24)/t15-,16?/m1/s1. The van der Waals surface area contributed by atoms with Gasteiger partial charge in [-0.25, -0.2) is 9.59 Å². The molecule has 1 saturated heterocycles. The summed E-state index contributed by atoms with van der Waals surface area (Å²) in [6.07, 6.45) is -1.20. The molecule has 28 heavy (non-hydrogen) atoms. The van der Waals surface area contributed by atoms with Gasteiger partial charge in [0, 0.05) is 13.1 Å². The lowest BCUT2D eigenvalue weighted by molar-refractivity contribution is -0.148. The van der Waals surface area contributed by atoms with Crippen LogP contribution in [-0.2, 0) is 25.6 Å². The molecule has 0 spiro atoms. The molecule has 1 fully saturated rings. The predicted molar refractivity (Wildman–Crippen MR) is 101 cm³/mol. The Labute approximate surface area is 165 Å². The average molecular weight is 392 g/mol. The van der Waals surface area contributed by atoms with Crippen molar-refractivity contribution in [1.82, 2.24) is 10.2 Å². The number of carbonyl (C=O) groups is 3. The van der Waals surface area contributed by atoms with Crippen LogP contribution in [0.25, 0.3) is 0 Å². The molecule has 0 radical (unpaired) electrons. The van der Waals surface area contributed by atoms with E-state index in [0.29, 0.717) is 0 Å². The van der Waals surface area contributed by atoms with Crippen LogP contribution in [0, 0.1) is 5.92 Å². The molecule has 0 bridgehead atoms. The van der Waals surface area contributed by atoms with Crippen molar-refractivity contribution in [2.45, 2.75) is 45.9 Å². The summed E-state index contributed by atoms with van der Waals surface area (Å²) in [5.41, 5.74) is 0.192. The van der Waals surface area contributed by atoms with E-state index in [1.165, 1.54) is 4.90 Å². The number of benzene rings is 1. The van der Waals surface area contributed by atoms with E-state index in [2.05, 4.69) is 5.32 Å². The summed E-state index contributed by atoms with van der Waals surface area (Å²) in [5.74, 6) is -1.15. The first-order valence-electron chi connectivity index (χ1n) is 9.31. The number of ether oxygens (including phenoxy) is 3. The molecule has 1 aromatic carbocycles. The van der Waals surface area contributed by atoms with E-state index < -0.39 is 35.7 Å².